The normalized spacial score (nSPS) is 11.6. The number of nitrogen functional groups attached to an aromatic ring is 1. The van der Waals surface area contributed by atoms with Crippen molar-refractivity contribution in [2.45, 2.75) is 26.7 Å². The summed E-state index contributed by atoms with van der Waals surface area (Å²) >= 11 is 0. The molecule has 0 spiro atoms. The Hall–Kier alpha value is -1.57. The Bertz CT molecular complexity index is 578. The molecule has 1 rings (SSSR count). The van der Waals surface area contributed by atoms with Crippen LogP contribution < -0.4 is 5.73 Å². The molecule has 0 aromatic carbocycles. The molecule has 0 saturated carbocycles. The zero-order valence-corrected chi connectivity index (χ0v) is 12.9. The molecule has 1 aromatic heterocycles. The number of rotatable bonds is 7. The molecule has 0 radical (unpaired) electrons. The van der Waals surface area contributed by atoms with Gasteiger partial charge in [-0.1, -0.05) is 13.8 Å². The SMILES string of the molecule is CCc1nn(C)c(C(=O)OCCCS(=O)(=O)CC)c1N. The van der Waals surface area contributed by atoms with E-state index in [9.17, 15) is 13.2 Å². The van der Waals surface area contributed by atoms with Crippen molar-refractivity contribution in [2.75, 3.05) is 23.8 Å². The number of aryl methyl sites for hydroxylation is 2. The number of nitrogens with zero attached hydrogens (tertiary/aromatic N) is 2. The first-order valence-electron chi connectivity index (χ1n) is 6.51. The maximum Gasteiger partial charge on any atom is 0.358 e. The molecule has 7 nitrogen and oxygen atoms in total. The van der Waals surface area contributed by atoms with E-state index in [4.69, 9.17) is 10.5 Å². The van der Waals surface area contributed by atoms with Crippen molar-refractivity contribution < 1.29 is 17.9 Å². The van der Waals surface area contributed by atoms with Crippen LogP contribution in [0.1, 0.15) is 36.5 Å². The Labute approximate surface area is 119 Å². The van der Waals surface area contributed by atoms with Crippen LogP contribution in [0.4, 0.5) is 5.69 Å². The largest absolute Gasteiger partial charge is 0.461 e. The minimum atomic E-state index is -3.03. The van der Waals surface area contributed by atoms with Gasteiger partial charge in [-0.15, -0.1) is 0 Å². The van der Waals surface area contributed by atoms with E-state index in [1.807, 2.05) is 6.92 Å². The van der Waals surface area contributed by atoms with Gasteiger partial charge >= 0.3 is 5.97 Å². The summed E-state index contributed by atoms with van der Waals surface area (Å²) in [5.74, 6) is -0.473. The maximum absolute atomic E-state index is 11.9. The molecule has 8 heteroatoms. The van der Waals surface area contributed by atoms with Crippen molar-refractivity contribution in [3.05, 3.63) is 11.4 Å². The molecule has 0 saturated heterocycles. The number of hydrogen-bond donors (Lipinski definition) is 1. The topological polar surface area (TPSA) is 104 Å². The van der Waals surface area contributed by atoms with Crippen LogP contribution >= 0.6 is 0 Å². The Kier molecular flexibility index (Phi) is 5.55. The predicted octanol–water partition coefficient (Wildman–Crippen LogP) is 0.546. The van der Waals surface area contributed by atoms with E-state index in [2.05, 4.69) is 5.10 Å². The molecule has 0 unspecified atom stereocenters. The first-order chi connectivity index (χ1) is 9.32. The fourth-order valence-corrected chi connectivity index (χ4v) is 2.60. The highest BCUT2D eigenvalue weighted by atomic mass is 32.2. The Morgan fingerprint density at radius 3 is 2.55 bits per heavy atom. The molecule has 0 bridgehead atoms. The van der Waals surface area contributed by atoms with Gasteiger partial charge in [-0.2, -0.15) is 5.10 Å². The van der Waals surface area contributed by atoms with Crippen molar-refractivity contribution in [2.24, 2.45) is 7.05 Å². The maximum atomic E-state index is 11.9. The third-order valence-corrected chi connectivity index (χ3v) is 4.75. The zero-order valence-electron chi connectivity index (χ0n) is 12.0. The summed E-state index contributed by atoms with van der Waals surface area (Å²) in [6.07, 6.45) is 0.905. The zero-order chi connectivity index (χ0) is 15.3. The number of carbonyl (C=O) groups excluding carboxylic acids is 1. The van der Waals surface area contributed by atoms with Gasteiger partial charge in [0.1, 0.15) is 9.84 Å². The van der Waals surface area contributed by atoms with Crippen LogP contribution in [0.3, 0.4) is 0 Å². The Morgan fingerprint density at radius 2 is 2.05 bits per heavy atom. The van der Waals surface area contributed by atoms with Crippen LogP contribution in [-0.4, -0.2) is 42.3 Å². The molecule has 1 heterocycles. The van der Waals surface area contributed by atoms with Gasteiger partial charge in [0.15, 0.2) is 5.69 Å². The second-order valence-electron chi connectivity index (χ2n) is 4.41. The van der Waals surface area contributed by atoms with Crippen LogP contribution in [0.5, 0.6) is 0 Å². The molecule has 0 aliphatic heterocycles. The van der Waals surface area contributed by atoms with Gasteiger partial charge in [0.2, 0.25) is 0 Å². The number of nitrogens with two attached hydrogens (primary N) is 1. The fourth-order valence-electron chi connectivity index (χ4n) is 1.76. The molecule has 0 aliphatic rings. The number of carbonyl (C=O) groups is 1. The Morgan fingerprint density at radius 1 is 1.40 bits per heavy atom. The summed E-state index contributed by atoms with van der Waals surface area (Å²) in [6, 6.07) is 0. The molecule has 1 aromatic rings. The molecule has 20 heavy (non-hydrogen) atoms. The van der Waals surface area contributed by atoms with Crippen molar-refractivity contribution in [1.29, 1.82) is 0 Å². The second-order valence-corrected chi connectivity index (χ2v) is 6.88. The number of esters is 1. The highest BCUT2D eigenvalue weighted by Gasteiger charge is 2.20. The molecule has 114 valence electrons. The summed E-state index contributed by atoms with van der Waals surface area (Å²) in [5.41, 5.74) is 7.01. The predicted molar refractivity (Wildman–Crippen MR) is 76.2 cm³/mol. The van der Waals surface area contributed by atoms with Crippen LogP contribution in [0, 0.1) is 0 Å². The third-order valence-electron chi connectivity index (χ3n) is 2.96. The molecule has 0 fully saturated rings. The number of aromatic nitrogens is 2. The van der Waals surface area contributed by atoms with Crippen molar-refractivity contribution >= 4 is 21.5 Å². The van der Waals surface area contributed by atoms with Crippen molar-refractivity contribution in [1.82, 2.24) is 9.78 Å². The number of ether oxygens (including phenoxy) is 1. The summed E-state index contributed by atoms with van der Waals surface area (Å²) in [5, 5.41) is 4.13. The molecule has 2 N–H and O–H groups in total. The van der Waals surface area contributed by atoms with E-state index in [1.165, 1.54) is 4.68 Å². The molecular formula is C12H21N3O4S. The standard InChI is InChI=1S/C12H21N3O4S/c1-4-9-10(13)11(15(3)14-9)12(16)19-7-6-8-20(17,18)5-2/h4-8,13H2,1-3H3. The summed E-state index contributed by atoms with van der Waals surface area (Å²) < 4.78 is 29.0. The summed E-state index contributed by atoms with van der Waals surface area (Å²) in [6.45, 7) is 3.53. The number of hydrogen-bond acceptors (Lipinski definition) is 6. The lowest BCUT2D eigenvalue weighted by atomic mass is 10.2. The highest BCUT2D eigenvalue weighted by Crippen LogP contribution is 2.17. The average molecular weight is 303 g/mol. The smallest absolute Gasteiger partial charge is 0.358 e. The number of anilines is 1. The van der Waals surface area contributed by atoms with E-state index in [0.717, 1.165) is 0 Å². The lowest BCUT2D eigenvalue weighted by Crippen LogP contribution is -2.16. The summed E-state index contributed by atoms with van der Waals surface area (Å²) in [7, 11) is -1.41. The lowest BCUT2D eigenvalue weighted by Gasteiger charge is -2.06. The first-order valence-corrected chi connectivity index (χ1v) is 8.33. The highest BCUT2D eigenvalue weighted by molar-refractivity contribution is 7.91. The minimum Gasteiger partial charge on any atom is -0.461 e. The van der Waals surface area contributed by atoms with Gasteiger partial charge < -0.3 is 10.5 Å². The van der Waals surface area contributed by atoms with E-state index < -0.39 is 15.8 Å². The van der Waals surface area contributed by atoms with Crippen LogP contribution in [-0.2, 0) is 28.0 Å². The van der Waals surface area contributed by atoms with E-state index in [-0.39, 0.29) is 30.2 Å². The molecule has 0 atom stereocenters. The number of sulfone groups is 1. The van der Waals surface area contributed by atoms with Gasteiger partial charge in [0, 0.05) is 12.8 Å². The van der Waals surface area contributed by atoms with Crippen LogP contribution in [0.2, 0.25) is 0 Å². The van der Waals surface area contributed by atoms with E-state index in [0.29, 0.717) is 17.8 Å². The molecule has 0 aliphatic carbocycles. The fraction of sp³-hybridized carbons (Fsp3) is 0.667. The average Bonchev–Trinajstić information content (AvgIpc) is 2.69. The minimum absolute atomic E-state index is 0.0118. The molecule has 0 amide bonds. The van der Waals surface area contributed by atoms with E-state index >= 15 is 0 Å². The second kappa shape index (κ2) is 6.74. The van der Waals surface area contributed by atoms with E-state index in [1.54, 1.807) is 14.0 Å². The first kappa shape index (κ1) is 16.5. The van der Waals surface area contributed by atoms with Crippen molar-refractivity contribution in [3.63, 3.8) is 0 Å². The van der Waals surface area contributed by atoms with Gasteiger partial charge in [-0.3, -0.25) is 4.68 Å². The lowest BCUT2D eigenvalue weighted by molar-refractivity contribution is 0.0494. The van der Waals surface area contributed by atoms with Crippen molar-refractivity contribution in [3.8, 4) is 0 Å². The molecular weight excluding hydrogens is 282 g/mol. The summed E-state index contributed by atoms with van der Waals surface area (Å²) in [4.78, 5) is 11.9. The van der Waals surface area contributed by atoms with Gasteiger partial charge in [-0.25, -0.2) is 13.2 Å². The van der Waals surface area contributed by atoms with Gasteiger partial charge in [-0.05, 0) is 12.8 Å². The Balaban J connectivity index is 2.58. The van der Waals surface area contributed by atoms with Crippen LogP contribution in [0.15, 0.2) is 0 Å². The third kappa shape index (κ3) is 3.96. The van der Waals surface area contributed by atoms with Crippen LogP contribution in [0.25, 0.3) is 0 Å². The van der Waals surface area contributed by atoms with Gasteiger partial charge in [0.05, 0.1) is 23.7 Å². The monoisotopic (exact) mass is 303 g/mol. The quantitative estimate of drug-likeness (QED) is 0.582. The van der Waals surface area contributed by atoms with Gasteiger partial charge in [0.25, 0.3) is 0 Å².